The molecular weight excluding hydrogens is 218 g/mol. The molecule has 0 aliphatic carbocycles. The number of thiazole rings is 1. The van der Waals surface area contributed by atoms with Crippen LogP contribution in [0.2, 0.25) is 0 Å². The minimum atomic E-state index is 0.666. The molecular formula is C12H21N3S. The number of piperidine rings is 1. The highest BCUT2D eigenvalue weighted by Gasteiger charge is 2.11. The van der Waals surface area contributed by atoms with Gasteiger partial charge in [0.1, 0.15) is 5.01 Å². The summed E-state index contributed by atoms with van der Waals surface area (Å²) in [4.78, 5) is 5.79. The van der Waals surface area contributed by atoms with Crippen LogP contribution in [0, 0.1) is 0 Å². The molecule has 2 heterocycles. The number of hydrogen-bond acceptors (Lipinski definition) is 4. The SMILES string of the molecule is CCc1cnc(CNCC2CCCCN2)s1. The minimum Gasteiger partial charge on any atom is -0.313 e. The summed E-state index contributed by atoms with van der Waals surface area (Å²) in [6.07, 6.45) is 7.12. The molecule has 16 heavy (non-hydrogen) atoms. The third kappa shape index (κ3) is 3.54. The van der Waals surface area contributed by atoms with Gasteiger partial charge in [-0.1, -0.05) is 13.3 Å². The first-order chi connectivity index (χ1) is 7.88. The molecule has 0 spiro atoms. The van der Waals surface area contributed by atoms with Crippen molar-refractivity contribution >= 4 is 11.3 Å². The molecule has 1 atom stereocenters. The largest absolute Gasteiger partial charge is 0.313 e. The van der Waals surface area contributed by atoms with E-state index in [0.717, 1.165) is 19.5 Å². The van der Waals surface area contributed by atoms with Gasteiger partial charge in [0.05, 0.1) is 0 Å². The van der Waals surface area contributed by atoms with Crippen molar-refractivity contribution in [3.8, 4) is 0 Å². The van der Waals surface area contributed by atoms with E-state index in [0.29, 0.717) is 6.04 Å². The van der Waals surface area contributed by atoms with Gasteiger partial charge in [0, 0.05) is 30.2 Å². The lowest BCUT2D eigenvalue weighted by Crippen LogP contribution is -2.41. The number of aromatic nitrogens is 1. The predicted octanol–water partition coefficient (Wildman–Crippen LogP) is 1.94. The molecule has 1 aromatic heterocycles. The van der Waals surface area contributed by atoms with Crippen LogP contribution < -0.4 is 10.6 Å². The molecule has 1 aromatic rings. The summed E-state index contributed by atoms with van der Waals surface area (Å²) in [6, 6.07) is 0.666. The second kappa shape index (κ2) is 6.33. The number of nitrogens with zero attached hydrogens (tertiary/aromatic N) is 1. The maximum Gasteiger partial charge on any atom is 0.107 e. The molecule has 2 N–H and O–H groups in total. The zero-order valence-electron chi connectivity index (χ0n) is 9.96. The molecule has 0 aromatic carbocycles. The van der Waals surface area contributed by atoms with Crippen molar-refractivity contribution in [3.63, 3.8) is 0 Å². The lowest BCUT2D eigenvalue weighted by atomic mass is 10.1. The van der Waals surface area contributed by atoms with Crippen molar-refractivity contribution in [1.82, 2.24) is 15.6 Å². The van der Waals surface area contributed by atoms with Crippen molar-refractivity contribution in [2.45, 2.75) is 45.2 Å². The summed E-state index contributed by atoms with van der Waals surface area (Å²) < 4.78 is 0. The molecule has 0 saturated carbocycles. The van der Waals surface area contributed by atoms with Gasteiger partial charge >= 0.3 is 0 Å². The zero-order valence-corrected chi connectivity index (χ0v) is 10.8. The van der Waals surface area contributed by atoms with Gasteiger partial charge in [-0.05, 0) is 25.8 Å². The van der Waals surface area contributed by atoms with Gasteiger partial charge in [0.2, 0.25) is 0 Å². The first-order valence-electron chi connectivity index (χ1n) is 6.26. The van der Waals surface area contributed by atoms with Crippen molar-refractivity contribution in [1.29, 1.82) is 0 Å². The molecule has 1 unspecified atom stereocenters. The summed E-state index contributed by atoms with van der Waals surface area (Å²) in [5, 5.41) is 8.25. The Kier molecular flexibility index (Phi) is 4.75. The van der Waals surface area contributed by atoms with Gasteiger partial charge < -0.3 is 10.6 Å². The van der Waals surface area contributed by atoms with Crippen molar-refractivity contribution in [3.05, 3.63) is 16.1 Å². The van der Waals surface area contributed by atoms with E-state index in [1.165, 1.54) is 35.7 Å². The summed E-state index contributed by atoms with van der Waals surface area (Å²) in [7, 11) is 0. The normalized spacial score (nSPS) is 21.2. The van der Waals surface area contributed by atoms with Crippen LogP contribution >= 0.6 is 11.3 Å². The van der Waals surface area contributed by atoms with E-state index in [1.54, 1.807) is 0 Å². The third-order valence-corrected chi connectivity index (χ3v) is 4.17. The first-order valence-corrected chi connectivity index (χ1v) is 7.08. The van der Waals surface area contributed by atoms with Crippen LogP contribution in [0.1, 0.15) is 36.1 Å². The fraction of sp³-hybridized carbons (Fsp3) is 0.750. The summed E-state index contributed by atoms with van der Waals surface area (Å²) in [5.74, 6) is 0. The van der Waals surface area contributed by atoms with Crippen LogP contribution in [0.4, 0.5) is 0 Å². The molecule has 2 rings (SSSR count). The van der Waals surface area contributed by atoms with Gasteiger partial charge in [-0.15, -0.1) is 11.3 Å². The number of aryl methyl sites for hydroxylation is 1. The van der Waals surface area contributed by atoms with Crippen LogP contribution in [-0.2, 0) is 13.0 Å². The van der Waals surface area contributed by atoms with Gasteiger partial charge in [-0.3, -0.25) is 0 Å². The Labute approximate surface area is 102 Å². The fourth-order valence-electron chi connectivity index (χ4n) is 2.04. The van der Waals surface area contributed by atoms with E-state index < -0.39 is 0 Å². The molecule has 4 heteroatoms. The predicted molar refractivity (Wildman–Crippen MR) is 68.8 cm³/mol. The third-order valence-electron chi connectivity index (χ3n) is 3.03. The summed E-state index contributed by atoms with van der Waals surface area (Å²) >= 11 is 1.83. The maximum absolute atomic E-state index is 4.41. The van der Waals surface area contributed by atoms with E-state index in [9.17, 15) is 0 Å². The van der Waals surface area contributed by atoms with E-state index >= 15 is 0 Å². The monoisotopic (exact) mass is 239 g/mol. The second-order valence-electron chi connectivity index (χ2n) is 4.35. The molecule has 1 aliphatic heterocycles. The van der Waals surface area contributed by atoms with Gasteiger partial charge in [-0.25, -0.2) is 4.98 Å². The Morgan fingerprint density at radius 1 is 1.56 bits per heavy atom. The van der Waals surface area contributed by atoms with Crippen LogP contribution in [0.3, 0.4) is 0 Å². The molecule has 3 nitrogen and oxygen atoms in total. The maximum atomic E-state index is 4.41. The molecule has 0 amide bonds. The average Bonchev–Trinajstić information content (AvgIpc) is 2.78. The lowest BCUT2D eigenvalue weighted by molar-refractivity contribution is 0.383. The standard InChI is InChI=1S/C12H21N3S/c1-2-11-8-15-12(16-11)9-13-7-10-5-3-4-6-14-10/h8,10,13-14H,2-7,9H2,1H3. The van der Waals surface area contributed by atoms with E-state index in [2.05, 4.69) is 22.5 Å². The zero-order chi connectivity index (χ0) is 11.2. The molecule has 90 valence electrons. The quantitative estimate of drug-likeness (QED) is 0.824. The summed E-state index contributed by atoms with van der Waals surface area (Å²) in [5.41, 5.74) is 0. The Morgan fingerprint density at radius 2 is 2.50 bits per heavy atom. The van der Waals surface area contributed by atoms with Crippen molar-refractivity contribution in [2.24, 2.45) is 0 Å². The number of nitrogens with one attached hydrogen (secondary N) is 2. The van der Waals surface area contributed by atoms with Crippen LogP contribution in [-0.4, -0.2) is 24.1 Å². The molecule has 0 radical (unpaired) electrons. The summed E-state index contributed by atoms with van der Waals surface area (Å²) in [6.45, 7) is 5.35. The first kappa shape index (κ1) is 12.0. The highest BCUT2D eigenvalue weighted by atomic mass is 32.1. The smallest absolute Gasteiger partial charge is 0.107 e. The molecule has 0 bridgehead atoms. The van der Waals surface area contributed by atoms with Crippen LogP contribution in [0.15, 0.2) is 6.20 Å². The van der Waals surface area contributed by atoms with Crippen LogP contribution in [0.5, 0.6) is 0 Å². The van der Waals surface area contributed by atoms with E-state index in [4.69, 9.17) is 0 Å². The Morgan fingerprint density at radius 3 is 3.19 bits per heavy atom. The minimum absolute atomic E-state index is 0.666. The molecule has 1 fully saturated rings. The van der Waals surface area contributed by atoms with Crippen LogP contribution in [0.25, 0.3) is 0 Å². The Hall–Kier alpha value is -0.450. The Bertz CT molecular complexity index is 305. The van der Waals surface area contributed by atoms with E-state index in [-0.39, 0.29) is 0 Å². The lowest BCUT2D eigenvalue weighted by Gasteiger charge is -2.23. The highest BCUT2D eigenvalue weighted by molar-refractivity contribution is 7.11. The van der Waals surface area contributed by atoms with Gasteiger partial charge in [0.15, 0.2) is 0 Å². The van der Waals surface area contributed by atoms with Gasteiger partial charge in [0.25, 0.3) is 0 Å². The highest BCUT2D eigenvalue weighted by Crippen LogP contribution is 2.13. The molecule has 1 aliphatic rings. The van der Waals surface area contributed by atoms with Crippen molar-refractivity contribution < 1.29 is 0 Å². The topological polar surface area (TPSA) is 37.0 Å². The number of rotatable bonds is 5. The average molecular weight is 239 g/mol. The molecule has 1 saturated heterocycles. The second-order valence-corrected chi connectivity index (χ2v) is 5.55. The van der Waals surface area contributed by atoms with Crippen molar-refractivity contribution in [2.75, 3.05) is 13.1 Å². The fourth-order valence-corrected chi connectivity index (χ4v) is 2.88. The number of hydrogen-bond donors (Lipinski definition) is 2. The van der Waals surface area contributed by atoms with E-state index in [1.807, 2.05) is 17.5 Å². The van der Waals surface area contributed by atoms with Gasteiger partial charge in [-0.2, -0.15) is 0 Å². The Balaban J connectivity index is 1.66.